The van der Waals surface area contributed by atoms with Crippen molar-refractivity contribution >= 4 is 35.2 Å². The van der Waals surface area contributed by atoms with Gasteiger partial charge < -0.3 is 9.64 Å². The lowest BCUT2D eigenvalue weighted by Gasteiger charge is -2.24. The van der Waals surface area contributed by atoms with E-state index in [0.717, 1.165) is 29.8 Å². The van der Waals surface area contributed by atoms with Gasteiger partial charge in [0.15, 0.2) is 0 Å². The molecule has 0 aliphatic carbocycles. The highest BCUT2D eigenvalue weighted by molar-refractivity contribution is 7.08. The van der Waals surface area contributed by atoms with Gasteiger partial charge in [0.2, 0.25) is 5.06 Å². The van der Waals surface area contributed by atoms with Gasteiger partial charge >= 0.3 is 0 Å². The summed E-state index contributed by atoms with van der Waals surface area (Å²) in [7, 11) is 3.81. The number of hydrogen-bond acceptors (Lipinski definition) is 5. The maximum absolute atomic E-state index is 9.69. The summed E-state index contributed by atoms with van der Waals surface area (Å²) in [5, 5.41) is 10.6. The lowest BCUT2D eigenvalue weighted by molar-refractivity contribution is 0.426. The molecule has 0 N–H and O–H groups in total. The van der Waals surface area contributed by atoms with Crippen LogP contribution in [-0.2, 0) is 5.41 Å². The van der Waals surface area contributed by atoms with Crippen molar-refractivity contribution in [3.05, 3.63) is 34.0 Å². The van der Waals surface area contributed by atoms with Gasteiger partial charge in [0, 0.05) is 31.0 Å². The van der Waals surface area contributed by atoms with Gasteiger partial charge in [-0.3, -0.25) is 0 Å². The van der Waals surface area contributed by atoms with E-state index < -0.39 is 0 Å². The van der Waals surface area contributed by atoms with E-state index in [1.54, 1.807) is 12.4 Å². The van der Waals surface area contributed by atoms with Gasteiger partial charge in [-0.1, -0.05) is 32.4 Å². The van der Waals surface area contributed by atoms with Crippen LogP contribution in [0.2, 0.25) is 5.02 Å². The molecule has 0 radical (unpaired) electrons. The lowest BCUT2D eigenvalue weighted by Crippen LogP contribution is -2.21. The summed E-state index contributed by atoms with van der Waals surface area (Å²) in [6, 6.07) is 5.87. The van der Waals surface area contributed by atoms with E-state index in [1.165, 1.54) is 11.5 Å². The zero-order chi connectivity index (χ0) is 20.2. The van der Waals surface area contributed by atoms with Crippen molar-refractivity contribution in [1.29, 1.82) is 5.26 Å². The Morgan fingerprint density at radius 3 is 2.59 bits per heavy atom. The summed E-state index contributed by atoms with van der Waals surface area (Å²) in [5.74, 6) is 0.499. The number of aromatic nitrogens is 1. The van der Waals surface area contributed by atoms with Crippen LogP contribution in [0.3, 0.4) is 0 Å². The summed E-state index contributed by atoms with van der Waals surface area (Å²) in [6.07, 6.45) is 3.53. The topological polar surface area (TPSA) is 61.5 Å². The Hall–Kier alpha value is -2.10. The molecule has 0 aliphatic rings. The minimum absolute atomic E-state index is 0.145. The van der Waals surface area contributed by atoms with Gasteiger partial charge in [0.05, 0.1) is 22.7 Å². The Morgan fingerprint density at radius 1 is 1.37 bits per heavy atom. The number of hydrogen-bond donors (Lipinski definition) is 0. The molecule has 1 heterocycles. The van der Waals surface area contributed by atoms with Crippen molar-refractivity contribution < 1.29 is 4.74 Å². The quantitative estimate of drug-likeness (QED) is 0.415. The fraction of sp³-hybridized carbons (Fsp3) is 0.450. The van der Waals surface area contributed by atoms with Crippen molar-refractivity contribution in [2.24, 2.45) is 4.99 Å². The third kappa shape index (κ3) is 4.60. The zero-order valence-corrected chi connectivity index (χ0v) is 18.2. The molecule has 5 nitrogen and oxygen atoms in total. The van der Waals surface area contributed by atoms with Crippen LogP contribution in [0.1, 0.15) is 50.4 Å². The highest BCUT2D eigenvalue weighted by Crippen LogP contribution is 2.42. The number of aliphatic imine (C=N–C) groups is 1. The second-order valence-corrected chi connectivity index (χ2v) is 8.10. The second kappa shape index (κ2) is 8.73. The van der Waals surface area contributed by atoms with E-state index in [2.05, 4.69) is 36.2 Å². The molecule has 0 fully saturated rings. The van der Waals surface area contributed by atoms with Crippen LogP contribution in [-0.4, -0.2) is 29.7 Å². The summed E-state index contributed by atoms with van der Waals surface area (Å²) >= 11 is 7.60. The van der Waals surface area contributed by atoms with Crippen LogP contribution < -0.4 is 4.74 Å². The van der Waals surface area contributed by atoms with Gasteiger partial charge in [-0.25, -0.2) is 4.99 Å². The molecule has 0 bridgehead atoms. The van der Waals surface area contributed by atoms with Crippen molar-refractivity contribution in [3.8, 4) is 16.9 Å². The maximum atomic E-state index is 9.69. The monoisotopic (exact) mass is 404 g/mol. The fourth-order valence-corrected chi connectivity index (χ4v) is 3.62. The van der Waals surface area contributed by atoms with E-state index in [4.69, 9.17) is 16.3 Å². The molecular formula is C20H25ClN4OS. The highest BCUT2D eigenvalue weighted by atomic mass is 35.5. The molecule has 0 saturated heterocycles. The maximum Gasteiger partial charge on any atom is 0.218 e. The molecule has 0 saturated carbocycles. The van der Waals surface area contributed by atoms with Crippen LogP contribution in [0.25, 0.3) is 0 Å². The number of nitrogens with zero attached hydrogens (tertiary/aromatic N) is 4. The average Bonchev–Trinajstić information content (AvgIpc) is 3.05. The number of nitriles is 1. The first-order valence-corrected chi connectivity index (χ1v) is 9.99. The molecule has 0 spiro atoms. The van der Waals surface area contributed by atoms with Crippen molar-refractivity contribution in [1.82, 2.24) is 9.27 Å². The highest BCUT2D eigenvalue weighted by Gasteiger charge is 2.31. The molecule has 7 heteroatoms. The van der Waals surface area contributed by atoms with E-state index in [0.29, 0.717) is 21.4 Å². The van der Waals surface area contributed by atoms with Crippen molar-refractivity contribution in [3.63, 3.8) is 0 Å². The third-order valence-corrected chi connectivity index (χ3v) is 5.81. The third-order valence-electron chi connectivity index (χ3n) is 4.79. The number of benzene rings is 1. The zero-order valence-electron chi connectivity index (χ0n) is 16.6. The van der Waals surface area contributed by atoms with E-state index in [1.807, 2.05) is 32.0 Å². The first-order chi connectivity index (χ1) is 12.8. The number of halogens is 1. The summed E-state index contributed by atoms with van der Waals surface area (Å²) in [6.45, 7) is 8.29. The van der Waals surface area contributed by atoms with Gasteiger partial charge in [-0.15, -0.1) is 0 Å². The summed E-state index contributed by atoms with van der Waals surface area (Å²) < 4.78 is 10.5. The van der Waals surface area contributed by atoms with E-state index in [9.17, 15) is 5.26 Å². The van der Waals surface area contributed by atoms with Crippen LogP contribution in [0, 0.1) is 18.3 Å². The Kier molecular flexibility index (Phi) is 6.85. The average molecular weight is 405 g/mol. The molecule has 1 aromatic heterocycles. The fourth-order valence-electron chi connectivity index (χ4n) is 2.58. The van der Waals surface area contributed by atoms with Crippen LogP contribution >= 0.6 is 23.1 Å². The summed E-state index contributed by atoms with van der Waals surface area (Å²) in [4.78, 5) is 6.26. The van der Waals surface area contributed by atoms with E-state index >= 15 is 0 Å². The van der Waals surface area contributed by atoms with Crippen molar-refractivity contribution in [2.75, 3.05) is 14.1 Å². The van der Waals surface area contributed by atoms with Gasteiger partial charge in [0.25, 0.3) is 0 Å². The van der Waals surface area contributed by atoms with Crippen LogP contribution in [0.5, 0.6) is 10.8 Å². The predicted octanol–water partition coefficient (Wildman–Crippen LogP) is 6.07. The largest absolute Gasteiger partial charge is 0.442 e. The van der Waals surface area contributed by atoms with Gasteiger partial charge in [0.1, 0.15) is 17.4 Å². The molecule has 0 atom stereocenters. The number of aryl methyl sites for hydroxylation is 1. The number of rotatable bonds is 7. The van der Waals surface area contributed by atoms with Crippen molar-refractivity contribution in [2.45, 2.75) is 46.0 Å². The molecule has 0 unspecified atom stereocenters. The Labute approximate surface area is 170 Å². The van der Waals surface area contributed by atoms with Gasteiger partial charge in [-0.2, -0.15) is 9.64 Å². The molecular weight excluding hydrogens is 380 g/mol. The van der Waals surface area contributed by atoms with Crippen LogP contribution in [0.4, 0.5) is 5.69 Å². The SMILES string of the molecule is CCC(C)(CC)c1nsc(Oc2cc(C)c(/N=C\N(C)C)cc2Cl)c1C#N. The van der Waals surface area contributed by atoms with Gasteiger partial charge in [-0.05, 0) is 37.5 Å². The standard InChI is InChI=1S/C20H25ClN4OS/c1-7-20(4,8-2)18-14(11-22)19(27-24-18)26-17-9-13(3)16(10-15(17)21)23-12-25(5)6/h9-10,12H,7-8H2,1-6H3/b23-12-. The smallest absolute Gasteiger partial charge is 0.218 e. The lowest BCUT2D eigenvalue weighted by atomic mass is 9.80. The summed E-state index contributed by atoms with van der Waals surface area (Å²) in [5.41, 5.74) is 2.86. The molecule has 2 rings (SSSR count). The molecule has 0 amide bonds. The molecule has 27 heavy (non-hydrogen) atoms. The minimum Gasteiger partial charge on any atom is -0.442 e. The minimum atomic E-state index is -0.145. The Balaban J connectivity index is 2.40. The molecule has 1 aromatic carbocycles. The van der Waals surface area contributed by atoms with Crippen LogP contribution in [0.15, 0.2) is 17.1 Å². The second-order valence-electron chi connectivity index (χ2n) is 6.95. The molecule has 0 aliphatic heterocycles. The first kappa shape index (κ1) is 21.2. The Bertz CT molecular complexity index is 879. The normalized spacial score (nSPS) is 11.6. The molecule has 2 aromatic rings. The van der Waals surface area contributed by atoms with E-state index in [-0.39, 0.29) is 5.41 Å². The Morgan fingerprint density at radius 2 is 2.04 bits per heavy atom. The number of ether oxygens (including phenoxy) is 1. The first-order valence-electron chi connectivity index (χ1n) is 8.84. The predicted molar refractivity (Wildman–Crippen MR) is 113 cm³/mol. The molecule has 144 valence electrons.